The lowest BCUT2D eigenvalue weighted by atomic mass is 9.91. The highest BCUT2D eigenvalue weighted by Gasteiger charge is 2.26. The summed E-state index contributed by atoms with van der Waals surface area (Å²) in [7, 11) is 1.81. The Kier molecular flexibility index (Phi) is 4.61. The molecule has 1 unspecified atom stereocenters. The number of thiazole rings is 1. The molecular formula is C15H21N5O2S. The Hall–Kier alpha value is -1.96. The number of hydrogen-bond acceptors (Lipinski definition) is 6. The van der Waals surface area contributed by atoms with Crippen LogP contribution >= 0.6 is 11.3 Å². The van der Waals surface area contributed by atoms with Crippen LogP contribution in [0.15, 0.2) is 4.52 Å². The Morgan fingerprint density at radius 1 is 1.43 bits per heavy atom. The number of amides is 2. The van der Waals surface area contributed by atoms with Gasteiger partial charge in [-0.15, -0.1) is 11.3 Å². The van der Waals surface area contributed by atoms with Crippen molar-refractivity contribution in [1.82, 2.24) is 25.3 Å². The molecule has 0 radical (unpaired) electrons. The summed E-state index contributed by atoms with van der Waals surface area (Å²) in [5.41, 5.74) is 1.19. The first-order chi connectivity index (χ1) is 11.0. The average molecular weight is 335 g/mol. The zero-order chi connectivity index (χ0) is 16.4. The van der Waals surface area contributed by atoms with Gasteiger partial charge < -0.3 is 14.7 Å². The van der Waals surface area contributed by atoms with Crippen LogP contribution < -0.4 is 5.32 Å². The van der Waals surface area contributed by atoms with E-state index in [2.05, 4.69) is 20.4 Å². The number of urea groups is 1. The van der Waals surface area contributed by atoms with Crippen molar-refractivity contribution in [2.75, 3.05) is 13.6 Å². The van der Waals surface area contributed by atoms with E-state index in [1.165, 1.54) is 10.6 Å². The lowest BCUT2D eigenvalue weighted by Crippen LogP contribution is -2.39. The summed E-state index contributed by atoms with van der Waals surface area (Å²) < 4.78 is 4.89. The third-order valence-electron chi connectivity index (χ3n) is 3.99. The molecule has 0 saturated carbocycles. The van der Waals surface area contributed by atoms with Gasteiger partial charge in [0.1, 0.15) is 0 Å². The van der Waals surface area contributed by atoms with Gasteiger partial charge in [-0.3, -0.25) is 0 Å². The van der Waals surface area contributed by atoms with Crippen molar-refractivity contribution in [3.05, 3.63) is 27.3 Å². The monoisotopic (exact) mass is 335 g/mol. The molecular weight excluding hydrogens is 314 g/mol. The van der Waals surface area contributed by atoms with E-state index in [-0.39, 0.29) is 12.6 Å². The molecule has 1 aliphatic rings. The number of likely N-dealkylation sites (N-methyl/N-ethyl adjacent to an activating group) is 1. The van der Waals surface area contributed by atoms with Crippen molar-refractivity contribution in [2.45, 2.75) is 45.6 Å². The summed E-state index contributed by atoms with van der Waals surface area (Å²) in [6.45, 7) is 4.71. The SMILES string of the molecule is Cc1nc(CNC(=O)N(C)CC2CCCc3sc(C)nc32)no1. The summed E-state index contributed by atoms with van der Waals surface area (Å²) in [6.07, 6.45) is 3.36. The van der Waals surface area contributed by atoms with Crippen LogP contribution in [-0.4, -0.2) is 39.6 Å². The Morgan fingerprint density at radius 3 is 3.00 bits per heavy atom. The normalized spacial score (nSPS) is 16.9. The molecule has 0 fully saturated rings. The van der Waals surface area contributed by atoms with Gasteiger partial charge in [-0.05, 0) is 26.2 Å². The van der Waals surface area contributed by atoms with Gasteiger partial charge in [0.05, 0.1) is 17.2 Å². The van der Waals surface area contributed by atoms with Crippen LogP contribution in [0.1, 0.15) is 46.1 Å². The lowest BCUT2D eigenvalue weighted by molar-refractivity contribution is 0.203. The van der Waals surface area contributed by atoms with Gasteiger partial charge in [0.25, 0.3) is 0 Å². The Morgan fingerprint density at radius 2 is 2.26 bits per heavy atom. The zero-order valence-corrected chi connectivity index (χ0v) is 14.4. The van der Waals surface area contributed by atoms with Gasteiger partial charge in [-0.2, -0.15) is 4.98 Å². The fraction of sp³-hybridized carbons (Fsp3) is 0.600. The van der Waals surface area contributed by atoms with E-state index < -0.39 is 0 Å². The molecule has 2 heterocycles. The van der Waals surface area contributed by atoms with Crippen molar-refractivity contribution in [3.8, 4) is 0 Å². The Labute approximate surface area is 139 Å². The van der Waals surface area contributed by atoms with Crippen LogP contribution in [0.3, 0.4) is 0 Å². The third kappa shape index (κ3) is 3.69. The molecule has 0 aromatic carbocycles. The van der Waals surface area contributed by atoms with E-state index in [9.17, 15) is 4.79 Å². The molecule has 3 rings (SSSR count). The predicted molar refractivity (Wildman–Crippen MR) is 86.4 cm³/mol. The van der Waals surface area contributed by atoms with Gasteiger partial charge in [0, 0.05) is 31.3 Å². The molecule has 0 aliphatic heterocycles. The maximum absolute atomic E-state index is 12.2. The molecule has 1 N–H and O–H groups in total. The summed E-state index contributed by atoms with van der Waals surface area (Å²) >= 11 is 1.78. The maximum Gasteiger partial charge on any atom is 0.317 e. The molecule has 23 heavy (non-hydrogen) atoms. The molecule has 0 bridgehead atoms. The van der Waals surface area contributed by atoms with E-state index in [1.54, 1.807) is 23.2 Å². The summed E-state index contributed by atoms with van der Waals surface area (Å²) in [6, 6.07) is -0.133. The topological polar surface area (TPSA) is 84.2 Å². The standard InChI is InChI=1S/C15H21N5O2S/c1-9-17-13(19-22-9)7-16-15(21)20(3)8-11-5-4-6-12-14(11)18-10(2)23-12/h11H,4-8H2,1-3H3,(H,16,21). The van der Waals surface area contributed by atoms with Crippen LogP contribution in [0.5, 0.6) is 0 Å². The van der Waals surface area contributed by atoms with E-state index in [4.69, 9.17) is 4.52 Å². The molecule has 8 heteroatoms. The van der Waals surface area contributed by atoms with E-state index in [1.807, 2.05) is 14.0 Å². The fourth-order valence-corrected chi connectivity index (χ4v) is 3.99. The predicted octanol–water partition coefficient (Wildman–Crippen LogP) is 2.40. The van der Waals surface area contributed by atoms with E-state index in [0.717, 1.165) is 24.3 Å². The minimum atomic E-state index is -0.133. The van der Waals surface area contributed by atoms with Gasteiger partial charge in [0.15, 0.2) is 5.82 Å². The number of rotatable bonds is 4. The highest BCUT2D eigenvalue weighted by atomic mass is 32.1. The van der Waals surface area contributed by atoms with Gasteiger partial charge in [-0.25, -0.2) is 9.78 Å². The highest BCUT2D eigenvalue weighted by molar-refractivity contribution is 7.11. The first kappa shape index (κ1) is 15.9. The summed E-state index contributed by atoms with van der Waals surface area (Å²) in [5.74, 6) is 1.31. The van der Waals surface area contributed by atoms with Crippen LogP contribution in [0.2, 0.25) is 0 Å². The van der Waals surface area contributed by atoms with Crippen LogP contribution in [0, 0.1) is 13.8 Å². The quantitative estimate of drug-likeness (QED) is 0.927. The number of carbonyl (C=O) groups excluding carboxylic acids is 1. The van der Waals surface area contributed by atoms with Crippen molar-refractivity contribution in [3.63, 3.8) is 0 Å². The van der Waals surface area contributed by atoms with Gasteiger partial charge in [0.2, 0.25) is 5.89 Å². The van der Waals surface area contributed by atoms with Gasteiger partial charge >= 0.3 is 6.03 Å². The zero-order valence-electron chi connectivity index (χ0n) is 13.6. The van der Waals surface area contributed by atoms with Gasteiger partial charge in [-0.1, -0.05) is 5.16 Å². The first-order valence-electron chi connectivity index (χ1n) is 7.77. The Bertz CT molecular complexity index is 696. The van der Waals surface area contributed by atoms with Crippen molar-refractivity contribution >= 4 is 17.4 Å². The second-order valence-electron chi connectivity index (χ2n) is 5.90. The number of nitrogens with zero attached hydrogens (tertiary/aromatic N) is 4. The highest BCUT2D eigenvalue weighted by Crippen LogP contribution is 2.34. The molecule has 124 valence electrons. The molecule has 2 amide bonds. The largest absolute Gasteiger partial charge is 0.340 e. The van der Waals surface area contributed by atoms with Crippen LogP contribution in [0.25, 0.3) is 0 Å². The number of hydrogen-bond donors (Lipinski definition) is 1. The number of aromatic nitrogens is 3. The third-order valence-corrected chi connectivity index (χ3v) is 5.03. The van der Waals surface area contributed by atoms with Crippen molar-refractivity contribution in [1.29, 1.82) is 0 Å². The number of carbonyl (C=O) groups is 1. The van der Waals surface area contributed by atoms with Crippen molar-refractivity contribution < 1.29 is 9.32 Å². The molecule has 2 aromatic rings. The molecule has 1 aliphatic carbocycles. The minimum Gasteiger partial charge on any atom is -0.340 e. The second kappa shape index (κ2) is 6.66. The average Bonchev–Trinajstić information content (AvgIpc) is 3.10. The smallest absolute Gasteiger partial charge is 0.317 e. The fourth-order valence-electron chi connectivity index (χ4n) is 2.92. The minimum absolute atomic E-state index is 0.133. The van der Waals surface area contributed by atoms with Crippen LogP contribution in [0.4, 0.5) is 4.79 Å². The number of nitrogens with one attached hydrogen (secondary N) is 1. The van der Waals surface area contributed by atoms with E-state index in [0.29, 0.717) is 24.2 Å². The lowest BCUT2D eigenvalue weighted by Gasteiger charge is -2.26. The molecule has 7 nitrogen and oxygen atoms in total. The van der Waals surface area contributed by atoms with Crippen LogP contribution in [-0.2, 0) is 13.0 Å². The first-order valence-corrected chi connectivity index (χ1v) is 8.59. The molecule has 2 aromatic heterocycles. The summed E-state index contributed by atoms with van der Waals surface area (Å²) in [4.78, 5) is 24.1. The van der Waals surface area contributed by atoms with E-state index >= 15 is 0 Å². The molecule has 0 saturated heterocycles. The molecule has 1 atom stereocenters. The maximum atomic E-state index is 12.2. The summed E-state index contributed by atoms with van der Waals surface area (Å²) in [5, 5.41) is 7.69. The van der Waals surface area contributed by atoms with Crippen molar-refractivity contribution in [2.24, 2.45) is 0 Å². The Balaban J connectivity index is 1.56. The molecule has 0 spiro atoms. The number of aryl methyl sites for hydroxylation is 3. The second-order valence-corrected chi connectivity index (χ2v) is 7.19. The number of fused-ring (bicyclic) bond motifs is 1.